The summed E-state index contributed by atoms with van der Waals surface area (Å²) >= 11 is 1.27. The Balaban J connectivity index is 1.29. The van der Waals surface area contributed by atoms with Gasteiger partial charge >= 0.3 is 0 Å². The highest BCUT2D eigenvalue weighted by atomic mass is 32.1. The summed E-state index contributed by atoms with van der Waals surface area (Å²) in [5, 5.41) is 7.87. The van der Waals surface area contributed by atoms with Crippen molar-refractivity contribution < 1.29 is 18.7 Å². The summed E-state index contributed by atoms with van der Waals surface area (Å²) in [5.74, 6) is -0.275. The van der Waals surface area contributed by atoms with Crippen molar-refractivity contribution in [2.75, 3.05) is 18.4 Å². The Morgan fingerprint density at radius 3 is 2.61 bits per heavy atom. The van der Waals surface area contributed by atoms with Gasteiger partial charge in [0.15, 0.2) is 10.9 Å². The Hall–Kier alpha value is -3.01. The minimum atomic E-state index is -0.369. The zero-order chi connectivity index (χ0) is 23.2. The number of ether oxygens (including phenoxy) is 1. The van der Waals surface area contributed by atoms with Crippen molar-refractivity contribution >= 4 is 28.3 Å². The Morgan fingerprint density at radius 1 is 1.12 bits per heavy atom. The summed E-state index contributed by atoms with van der Waals surface area (Å²) in [7, 11) is 0. The zero-order valence-corrected chi connectivity index (χ0v) is 19.6. The van der Waals surface area contributed by atoms with E-state index in [0.29, 0.717) is 17.4 Å². The summed E-state index contributed by atoms with van der Waals surface area (Å²) in [4.78, 5) is 31.3. The van der Waals surface area contributed by atoms with Crippen molar-refractivity contribution in [1.29, 1.82) is 0 Å². The predicted octanol–water partition coefficient (Wildman–Crippen LogP) is 3.46. The maximum absolute atomic E-state index is 12.5. The Bertz CT molecular complexity index is 1070. The Morgan fingerprint density at radius 2 is 1.88 bits per heavy atom. The van der Waals surface area contributed by atoms with Crippen LogP contribution in [0.15, 0.2) is 52.5 Å². The van der Waals surface area contributed by atoms with Crippen molar-refractivity contribution in [1.82, 2.24) is 15.2 Å². The van der Waals surface area contributed by atoms with Crippen LogP contribution in [0.5, 0.6) is 0 Å². The first-order valence-corrected chi connectivity index (χ1v) is 11.8. The molecule has 2 atom stereocenters. The number of morpholine rings is 1. The first-order valence-electron chi connectivity index (χ1n) is 11.0. The van der Waals surface area contributed by atoms with Gasteiger partial charge in [0.1, 0.15) is 0 Å². The molecule has 1 aliphatic heterocycles. The molecule has 3 heterocycles. The second kappa shape index (κ2) is 10.7. The second-order valence-corrected chi connectivity index (χ2v) is 9.11. The number of hydrogen-bond donors (Lipinski definition) is 2. The fraction of sp³-hybridized carbons (Fsp3) is 0.375. The number of nitrogens with one attached hydrogen (secondary N) is 2. The number of carbonyl (C=O) groups is 2. The number of hydrogen-bond acceptors (Lipinski definition) is 7. The van der Waals surface area contributed by atoms with Crippen LogP contribution >= 0.6 is 11.3 Å². The Labute approximate surface area is 197 Å². The van der Waals surface area contributed by atoms with Crippen LogP contribution in [-0.4, -0.2) is 47.0 Å². The van der Waals surface area contributed by atoms with Crippen LogP contribution < -0.4 is 10.6 Å². The normalized spacial score (nSPS) is 18.7. The Kier molecular flexibility index (Phi) is 7.54. The molecule has 2 aromatic heterocycles. The summed E-state index contributed by atoms with van der Waals surface area (Å²) < 4.78 is 10.9. The molecule has 174 valence electrons. The summed E-state index contributed by atoms with van der Waals surface area (Å²) in [6, 6.07) is 11.4. The van der Waals surface area contributed by atoms with Crippen molar-refractivity contribution in [2.45, 2.75) is 45.6 Å². The number of thiazole rings is 1. The predicted molar refractivity (Wildman–Crippen MR) is 126 cm³/mol. The van der Waals surface area contributed by atoms with E-state index in [9.17, 15) is 9.59 Å². The van der Waals surface area contributed by atoms with Gasteiger partial charge in [-0.15, -0.1) is 11.3 Å². The van der Waals surface area contributed by atoms with Crippen LogP contribution in [0.2, 0.25) is 0 Å². The lowest BCUT2D eigenvalue weighted by molar-refractivity contribution is -0.120. The second-order valence-electron chi connectivity index (χ2n) is 8.25. The van der Waals surface area contributed by atoms with Gasteiger partial charge in [0.2, 0.25) is 5.91 Å². The topological polar surface area (TPSA) is 96.7 Å². The maximum atomic E-state index is 12.5. The number of amides is 2. The molecule has 2 amide bonds. The number of anilines is 1. The van der Waals surface area contributed by atoms with Gasteiger partial charge in [-0.05, 0) is 37.1 Å². The van der Waals surface area contributed by atoms with E-state index in [1.807, 2.05) is 18.2 Å². The lowest BCUT2D eigenvalue weighted by atomic mass is 10.1. The van der Waals surface area contributed by atoms with Crippen LogP contribution in [0.25, 0.3) is 0 Å². The van der Waals surface area contributed by atoms with Crippen molar-refractivity contribution in [3.63, 3.8) is 0 Å². The standard InChI is InChI=1S/C24H28N4O4S/c1-16-12-28(13-17(2)32-16)14-19-7-4-3-6-18(19)11-25-22(29)10-20-15-33-24(26-20)27-23(30)21-8-5-9-31-21/h3-9,15-17H,10-14H2,1-2H3,(H,25,29)(H,26,27,30). The van der Waals surface area contributed by atoms with E-state index in [1.165, 1.54) is 23.2 Å². The van der Waals surface area contributed by atoms with Crippen LogP contribution in [0, 0.1) is 0 Å². The SMILES string of the molecule is CC1CN(Cc2ccccc2CNC(=O)Cc2csc(NC(=O)c3ccco3)n2)CC(C)O1. The number of rotatable bonds is 8. The molecule has 8 nitrogen and oxygen atoms in total. The summed E-state index contributed by atoms with van der Waals surface area (Å²) in [5.41, 5.74) is 2.91. The van der Waals surface area contributed by atoms with Crippen LogP contribution in [0.4, 0.5) is 5.13 Å². The third-order valence-corrected chi connectivity index (χ3v) is 6.15. The number of nitrogens with zero attached hydrogens (tertiary/aromatic N) is 2. The molecule has 2 N–H and O–H groups in total. The molecule has 1 aliphatic rings. The van der Waals surface area contributed by atoms with Crippen LogP contribution in [0.3, 0.4) is 0 Å². The molecule has 0 radical (unpaired) electrons. The number of carbonyl (C=O) groups excluding carboxylic acids is 2. The third-order valence-electron chi connectivity index (χ3n) is 5.34. The first-order chi connectivity index (χ1) is 16.0. The highest BCUT2D eigenvalue weighted by Crippen LogP contribution is 2.19. The van der Waals surface area contributed by atoms with E-state index in [0.717, 1.165) is 25.2 Å². The fourth-order valence-electron chi connectivity index (χ4n) is 3.97. The van der Waals surface area contributed by atoms with Crippen LogP contribution in [0.1, 0.15) is 41.2 Å². The van der Waals surface area contributed by atoms with Crippen LogP contribution in [-0.2, 0) is 29.0 Å². The monoisotopic (exact) mass is 468 g/mol. The van der Waals surface area contributed by atoms with Gasteiger partial charge in [-0.25, -0.2) is 4.98 Å². The van der Waals surface area contributed by atoms with E-state index >= 15 is 0 Å². The largest absolute Gasteiger partial charge is 0.459 e. The summed E-state index contributed by atoms with van der Waals surface area (Å²) in [6.07, 6.45) is 2.01. The van der Waals surface area contributed by atoms with E-state index in [1.54, 1.807) is 17.5 Å². The van der Waals surface area contributed by atoms with Crippen molar-refractivity contribution in [3.8, 4) is 0 Å². The average molecular weight is 469 g/mol. The molecule has 33 heavy (non-hydrogen) atoms. The number of benzene rings is 1. The van der Waals surface area contributed by atoms with Crippen molar-refractivity contribution in [3.05, 3.63) is 70.6 Å². The number of aromatic nitrogens is 1. The van der Waals surface area contributed by atoms with Gasteiger partial charge in [-0.3, -0.25) is 19.8 Å². The minimum Gasteiger partial charge on any atom is -0.459 e. The quantitative estimate of drug-likeness (QED) is 0.526. The lowest BCUT2D eigenvalue weighted by Crippen LogP contribution is -2.45. The molecule has 4 rings (SSSR count). The fourth-order valence-corrected chi connectivity index (χ4v) is 4.68. The van der Waals surface area contributed by atoms with E-state index in [-0.39, 0.29) is 36.2 Å². The minimum absolute atomic E-state index is 0.118. The average Bonchev–Trinajstić information content (AvgIpc) is 3.45. The molecule has 0 saturated carbocycles. The highest BCUT2D eigenvalue weighted by molar-refractivity contribution is 7.14. The molecule has 0 aliphatic carbocycles. The molecule has 1 saturated heterocycles. The number of furan rings is 1. The smallest absolute Gasteiger partial charge is 0.293 e. The van der Waals surface area contributed by atoms with Crippen molar-refractivity contribution in [2.24, 2.45) is 0 Å². The third kappa shape index (κ3) is 6.50. The van der Waals surface area contributed by atoms with Gasteiger partial charge in [0.05, 0.1) is 30.6 Å². The lowest BCUT2D eigenvalue weighted by Gasteiger charge is -2.35. The molecule has 0 spiro atoms. The molecule has 0 bridgehead atoms. The molecule has 1 fully saturated rings. The first kappa shape index (κ1) is 23.2. The molecule has 3 aromatic rings. The zero-order valence-electron chi connectivity index (χ0n) is 18.7. The van der Waals surface area contributed by atoms with Gasteiger partial charge < -0.3 is 14.5 Å². The van der Waals surface area contributed by atoms with E-state index in [4.69, 9.17) is 9.15 Å². The maximum Gasteiger partial charge on any atom is 0.293 e. The highest BCUT2D eigenvalue weighted by Gasteiger charge is 2.22. The molecule has 2 unspecified atom stereocenters. The van der Waals surface area contributed by atoms with Gasteiger partial charge in [-0.2, -0.15) is 0 Å². The van der Waals surface area contributed by atoms with Gasteiger partial charge in [0, 0.05) is 31.6 Å². The summed E-state index contributed by atoms with van der Waals surface area (Å²) in [6.45, 7) is 7.27. The van der Waals surface area contributed by atoms with E-state index in [2.05, 4.69) is 40.4 Å². The molecule has 1 aromatic carbocycles. The van der Waals surface area contributed by atoms with E-state index < -0.39 is 0 Å². The molecule has 9 heteroatoms. The van der Waals surface area contributed by atoms with Gasteiger partial charge in [0.25, 0.3) is 5.91 Å². The van der Waals surface area contributed by atoms with Gasteiger partial charge in [-0.1, -0.05) is 24.3 Å². The molecular formula is C24H28N4O4S. The molecular weight excluding hydrogens is 440 g/mol.